The van der Waals surface area contributed by atoms with Crippen LogP contribution >= 0.6 is 27.7 Å². The molecule has 0 aliphatic carbocycles. The zero-order valence-electron chi connectivity index (χ0n) is 14.5. The molecule has 0 bridgehead atoms. The van der Waals surface area contributed by atoms with Crippen LogP contribution in [0.1, 0.15) is 12.6 Å². The topological polar surface area (TPSA) is 65.6 Å². The van der Waals surface area contributed by atoms with E-state index in [1.165, 1.54) is 11.8 Å². The Bertz CT molecular complexity index is 1160. The van der Waals surface area contributed by atoms with Crippen LogP contribution in [0, 0.1) is 0 Å². The number of aromatic nitrogens is 5. The fourth-order valence-electron chi connectivity index (χ4n) is 2.75. The fraction of sp³-hybridized carbons (Fsp3) is 0.158. The van der Waals surface area contributed by atoms with Gasteiger partial charge in [0, 0.05) is 16.8 Å². The summed E-state index contributed by atoms with van der Waals surface area (Å²) in [5, 5.41) is 10.1. The number of thioether (sulfide) groups is 1. The van der Waals surface area contributed by atoms with Gasteiger partial charge in [-0.05, 0) is 37.3 Å². The van der Waals surface area contributed by atoms with Gasteiger partial charge in [-0.1, -0.05) is 45.9 Å². The van der Waals surface area contributed by atoms with Crippen LogP contribution in [-0.4, -0.2) is 24.5 Å². The molecule has 0 fully saturated rings. The largest absolute Gasteiger partial charge is 0.287 e. The molecule has 0 N–H and O–H groups in total. The van der Waals surface area contributed by atoms with Crippen LogP contribution in [0.2, 0.25) is 0 Å². The van der Waals surface area contributed by atoms with Crippen molar-refractivity contribution in [2.24, 2.45) is 0 Å². The van der Waals surface area contributed by atoms with Crippen molar-refractivity contribution in [3.63, 3.8) is 0 Å². The van der Waals surface area contributed by atoms with E-state index in [0.717, 1.165) is 15.9 Å². The molecule has 2 heterocycles. The Labute approximate surface area is 168 Å². The molecule has 2 aromatic carbocycles. The fourth-order valence-corrected chi connectivity index (χ4v) is 4.05. The lowest BCUT2D eigenvalue weighted by Crippen LogP contribution is -2.22. The number of para-hydroxylation sites is 1. The summed E-state index contributed by atoms with van der Waals surface area (Å²) < 4.78 is 2.57. The second-order valence-corrected chi connectivity index (χ2v) is 7.71. The zero-order valence-corrected chi connectivity index (χ0v) is 16.9. The Morgan fingerprint density at radius 2 is 1.96 bits per heavy atom. The monoisotopic (exact) mass is 441 g/mol. The van der Waals surface area contributed by atoms with Gasteiger partial charge in [0.05, 0.1) is 28.5 Å². The van der Waals surface area contributed by atoms with E-state index in [-0.39, 0.29) is 5.56 Å². The highest BCUT2D eigenvalue weighted by molar-refractivity contribution is 9.10. The van der Waals surface area contributed by atoms with Crippen molar-refractivity contribution in [2.75, 3.05) is 0 Å². The van der Waals surface area contributed by atoms with Gasteiger partial charge in [0.2, 0.25) is 0 Å². The van der Waals surface area contributed by atoms with Crippen molar-refractivity contribution in [2.45, 2.75) is 24.4 Å². The van der Waals surface area contributed by atoms with E-state index in [9.17, 15) is 4.79 Å². The third-order valence-electron chi connectivity index (χ3n) is 4.07. The molecule has 0 saturated carbocycles. The second kappa shape index (κ2) is 7.66. The lowest BCUT2D eigenvalue weighted by Gasteiger charge is -2.10. The van der Waals surface area contributed by atoms with Gasteiger partial charge in [0.25, 0.3) is 5.56 Å². The van der Waals surface area contributed by atoms with Crippen LogP contribution in [-0.2, 0) is 12.3 Å². The molecule has 4 aromatic rings. The first kappa shape index (κ1) is 17.9. The maximum atomic E-state index is 12.8. The summed E-state index contributed by atoms with van der Waals surface area (Å²) in [5.41, 5.74) is 2.41. The summed E-state index contributed by atoms with van der Waals surface area (Å²) in [6.07, 6.45) is 1.74. The van der Waals surface area contributed by atoms with Gasteiger partial charge in [-0.3, -0.25) is 9.36 Å². The lowest BCUT2D eigenvalue weighted by molar-refractivity contribution is 0.634. The van der Waals surface area contributed by atoms with Gasteiger partial charge in [-0.2, -0.15) is 15.0 Å². The van der Waals surface area contributed by atoms with Gasteiger partial charge < -0.3 is 0 Å². The molecule has 0 radical (unpaired) electrons. The Balaban J connectivity index is 1.62. The lowest BCUT2D eigenvalue weighted by atomic mass is 10.2. The third-order valence-corrected chi connectivity index (χ3v) is 5.58. The zero-order chi connectivity index (χ0) is 18.8. The normalized spacial score (nSPS) is 11.2. The van der Waals surface area contributed by atoms with Crippen LogP contribution < -0.4 is 5.56 Å². The SMILES string of the molecule is CCn1c(SCc2cnn(-c3ccccc3)n2)nc2ccc(Br)cc2c1=O. The highest BCUT2D eigenvalue weighted by Gasteiger charge is 2.12. The molecular formula is C19H16BrN5OS. The molecule has 4 rings (SSSR count). The first-order valence-electron chi connectivity index (χ1n) is 8.45. The Hall–Kier alpha value is -2.45. The van der Waals surface area contributed by atoms with Gasteiger partial charge in [0.1, 0.15) is 0 Å². The predicted octanol–water partition coefficient (Wildman–Crippen LogP) is 4.05. The quantitative estimate of drug-likeness (QED) is 0.345. The van der Waals surface area contributed by atoms with Crippen LogP contribution in [0.4, 0.5) is 0 Å². The number of hydrogen-bond donors (Lipinski definition) is 0. The van der Waals surface area contributed by atoms with E-state index in [1.54, 1.807) is 15.6 Å². The average molecular weight is 442 g/mol. The Morgan fingerprint density at radius 3 is 2.74 bits per heavy atom. The highest BCUT2D eigenvalue weighted by atomic mass is 79.9. The summed E-state index contributed by atoms with van der Waals surface area (Å²) in [6, 6.07) is 15.3. The molecule has 2 aromatic heterocycles. The Morgan fingerprint density at radius 1 is 1.15 bits per heavy atom. The minimum Gasteiger partial charge on any atom is -0.287 e. The number of halogens is 1. The van der Waals surface area contributed by atoms with Crippen LogP contribution in [0.15, 0.2) is 69.2 Å². The molecular weight excluding hydrogens is 426 g/mol. The van der Waals surface area contributed by atoms with E-state index in [0.29, 0.717) is 28.4 Å². The molecule has 0 unspecified atom stereocenters. The van der Waals surface area contributed by atoms with E-state index >= 15 is 0 Å². The molecule has 0 atom stereocenters. The summed E-state index contributed by atoms with van der Waals surface area (Å²) in [7, 11) is 0. The van der Waals surface area contributed by atoms with E-state index in [2.05, 4.69) is 31.1 Å². The van der Waals surface area contributed by atoms with Crippen LogP contribution in [0.3, 0.4) is 0 Å². The Kier molecular flexibility index (Phi) is 5.09. The average Bonchev–Trinajstić information content (AvgIpc) is 3.17. The number of nitrogens with zero attached hydrogens (tertiary/aromatic N) is 5. The van der Waals surface area contributed by atoms with Crippen LogP contribution in [0.25, 0.3) is 16.6 Å². The number of benzene rings is 2. The summed E-state index contributed by atoms with van der Waals surface area (Å²) >= 11 is 4.91. The van der Waals surface area contributed by atoms with Crippen LogP contribution in [0.5, 0.6) is 0 Å². The summed E-state index contributed by atoms with van der Waals surface area (Å²) in [5.74, 6) is 0.585. The molecule has 8 heteroatoms. The number of hydrogen-bond acceptors (Lipinski definition) is 5. The van der Waals surface area contributed by atoms with Crippen molar-refractivity contribution >= 4 is 38.6 Å². The molecule has 0 spiro atoms. The number of rotatable bonds is 5. The van der Waals surface area contributed by atoms with E-state index in [4.69, 9.17) is 0 Å². The minimum atomic E-state index is -0.0285. The molecule has 0 saturated heterocycles. The molecule has 136 valence electrons. The van der Waals surface area contributed by atoms with Crippen molar-refractivity contribution < 1.29 is 0 Å². The van der Waals surface area contributed by atoms with Gasteiger partial charge in [0.15, 0.2) is 5.16 Å². The van der Waals surface area contributed by atoms with Crippen molar-refractivity contribution in [3.05, 3.63) is 75.2 Å². The summed E-state index contributed by atoms with van der Waals surface area (Å²) in [4.78, 5) is 19.1. The standard InChI is InChI=1S/C19H16BrN5OS/c1-2-24-18(26)16-10-13(20)8-9-17(16)22-19(24)27-12-14-11-21-25(23-14)15-6-4-3-5-7-15/h3-11H,2,12H2,1H3. The highest BCUT2D eigenvalue weighted by Crippen LogP contribution is 2.23. The first-order chi connectivity index (χ1) is 13.2. The van der Waals surface area contributed by atoms with Crippen molar-refractivity contribution in [3.8, 4) is 5.69 Å². The van der Waals surface area contributed by atoms with Gasteiger partial charge in [-0.25, -0.2) is 4.98 Å². The third kappa shape index (κ3) is 3.68. The van der Waals surface area contributed by atoms with Crippen molar-refractivity contribution in [1.29, 1.82) is 0 Å². The van der Waals surface area contributed by atoms with Gasteiger partial charge >= 0.3 is 0 Å². The predicted molar refractivity (Wildman–Crippen MR) is 110 cm³/mol. The van der Waals surface area contributed by atoms with E-state index < -0.39 is 0 Å². The molecule has 0 aliphatic heterocycles. The maximum Gasteiger partial charge on any atom is 0.262 e. The summed E-state index contributed by atoms with van der Waals surface area (Å²) in [6.45, 7) is 2.51. The van der Waals surface area contributed by atoms with E-state index in [1.807, 2.05) is 55.5 Å². The minimum absolute atomic E-state index is 0.0285. The van der Waals surface area contributed by atoms with Gasteiger partial charge in [-0.15, -0.1) is 0 Å². The molecule has 6 nitrogen and oxygen atoms in total. The second-order valence-electron chi connectivity index (χ2n) is 5.85. The molecule has 0 amide bonds. The molecule has 27 heavy (non-hydrogen) atoms. The first-order valence-corrected chi connectivity index (χ1v) is 10.2. The molecule has 0 aliphatic rings. The maximum absolute atomic E-state index is 12.8. The van der Waals surface area contributed by atoms with Crippen molar-refractivity contribution in [1.82, 2.24) is 24.5 Å². The smallest absolute Gasteiger partial charge is 0.262 e. The number of fused-ring (bicyclic) bond motifs is 1.